The van der Waals surface area contributed by atoms with E-state index >= 15 is 0 Å². The van der Waals surface area contributed by atoms with Gasteiger partial charge >= 0.3 is 0 Å². The lowest BCUT2D eigenvalue weighted by atomic mass is 10.2. The molecule has 30 heavy (non-hydrogen) atoms. The number of aryl methyl sites for hydroxylation is 2. The first kappa shape index (κ1) is 19.8. The van der Waals surface area contributed by atoms with E-state index in [0.29, 0.717) is 12.4 Å². The molecule has 0 aliphatic rings. The molecule has 1 aromatic carbocycles. The zero-order valence-electron chi connectivity index (χ0n) is 17.5. The molecule has 0 saturated carbocycles. The van der Waals surface area contributed by atoms with Crippen molar-refractivity contribution in [1.82, 2.24) is 24.3 Å². The standard InChI is InChI=1S/C23H26N6O/c1-4-8-21-25-19-10-5-6-11-20(19)29(21)17(3)23(30)26-22-13-16(2)27-28(22)15-18-9-7-12-24-14-18/h5-7,9-14,17H,4,8,15H2,1-3H3,(H,26,30)/t17-/m1/s1. The number of carbonyl (C=O) groups excluding carboxylic acids is 1. The van der Waals surface area contributed by atoms with E-state index in [0.717, 1.165) is 41.0 Å². The molecular weight excluding hydrogens is 376 g/mol. The van der Waals surface area contributed by atoms with E-state index in [4.69, 9.17) is 4.98 Å². The minimum Gasteiger partial charge on any atom is -0.316 e. The molecule has 7 heteroatoms. The first-order valence-electron chi connectivity index (χ1n) is 10.3. The molecule has 1 atom stereocenters. The number of para-hydroxylation sites is 2. The third kappa shape index (κ3) is 3.96. The summed E-state index contributed by atoms with van der Waals surface area (Å²) in [6.45, 7) is 6.49. The van der Waals surface area contributed by atoms with Gasteiger partial charge < -0.3 is 9.88 Å². The molecule has 0 unspecified atom stereocenters. The molecule has 1 amide bonds. The number of aromatic nitrogens is 5. The molecule has 0 spiro atoms. The van der Waals surface area contributed by atoms with Crippen LogP contribution in [-0.2, 0) is 17.8 Å². The number of nitrogens with zero attached hydrogens (tertiary/aromatic N) is 5. The Balaban J connectivity index is 1.61. The van der Waals surface area contributed by atoms with Gasteiger partial charge in [-0.15, -0.1) is 0 Å². The number of anilines is 1. The lowest BCUT2D eigenvalue weighted by Gasteiger charge is -2.18. The number of carbonyl (C=O) groups is 1. The van der Waals surface area contributed by atoms with E-state index in [1.807, 2.05) is 60.9 Å². The highest BCUT2D eigenvalue weighted by Crippen LogP contribution is 2.24. The molecule has 154 valence electrons. The van der Waals surface area contributed by atoms with E-state index in [2.05, 4.69) is 22.3 Å². The number of fused-ring (bicyclic) bond motifs is 1. The maximum atomic E-state index is 13.2. The van der Waals surface area contributed by atoms with Crippen molar-refractivity contribution >= 4 is 22.8 Å². The smallest absolute Gasteiger partial charge is 0.248 e. The van der Waals surface area contributed by atoms with Gasteiger partial charge in [-0.05, 0) is 44.0 Å². The maximum absolute atomic E-state index is 13.2. The summed E-state index contributed by atoms with van der Waals surface area (Å²) in [4.78, 5) is 22.1. The van der Waals surface area contributed by atoms with Crippen molar-refractivity contribution in [2.24, 2.45) is 0 Å². The average Bonchev–Trinajstić information content (AvgIpc) is 3.27. The fourth-order valence-corrected chi connectivity index (χ4v) is 3.71. The Labute approximate surface area is 175 Å². The highest BCUT2D eigenvalue weighted by atomic mass is 16.2. The van der Waals surface area contributed by atoms with Gasteiger partial charge in [-0.1, -0.05) is 25.1 Å². The Hall–Kier alpha value is -3.48. The van der Waals surface area contributed by atoms with Gasteiger partial charge in [-0.3, -0.25) is 9.78 Å². The second-order valence-electron chi connectivity index (χ2n) is 7.49. The molecule has 0 aliphatic heterocycles. The maximum Gasteiger partial charge on any atom is 0.248 e. The second-order valence-corrected chi connectivity index (χ2v) is 7.49. The molecule has 0 fully saturated rings. The first-order valence-corrected chi connectivity index (χ1v) is 10.3. The molecule has 1 N–H and O–H groups in total. The fraction of sp³-hybridized carbons (Fsp3) is 0.304. The average molecular weight is 403 g/mol. The van der Waals surface area contributed by atoms with Gasteiger partial charge in [0.2, 0.25) is 5.91 Å². The van der Waals surface area contributed by atoms with E-state index in [1.54, 1.807) is 17.1 Å². The lowest BCUT2D eigenvalue weighted by molar-refractivity contribution is -0.118. The third-order valence-electron chi connectivity index (χ3n) is 5.12. The Morgan fingerprint density at radius 3 is 2.80 bits per heavy atom. The third-order valence-corrected chi connectivity index (χ3v) is 5.12. The Morgan fingerprint density at radius 1 is 1.20 bits per heavy atom. The van der Waals surface area contributed by atoms with E-state index in [-0.39, 0.29) is 5.91 Å². The number of amides is 1. The van der Waals surface area contributed by atoms with Crippen molar-refractivity contribution in [2.75, 3.05) is 5.32 Å². The summed E-state index contributed by atoms with van der Waals surface area (Å²) in [7, 11) is 0. The summed E-state index contributed by atoms with van der Waals surface area (Å²) in [6.07, 6.45) is 5.34. The summed E-state index contributed by atoms with van der Waals surface area (Å²) in [6, 6.07) is 13.3. The largest absolute Gasteiger partial charge is 0.316 e. The van der Waals surface area contributed by atoms with Gasteiger partial charge in [0.05, 0.1) is 23.3 Å². The molecular formula is C23H26N6O. The number of nitrogens with one attached hydrogen (secondary N) is 1. The minimum atomic E-state index is -0.402. The molecule has 0 aliphatic carbocycles. The number of hydrogen-bond acceptors (Lipinski definition) is 4. The van der Waals surface area contributed by atoms with Crippen molar-refractivity contribution in [2.45, 2.75) is 46.2 Å². The van der Waals surface area contributed by atoms with Crippen LogP contribution in [0.4, 0.5) is 5.82 Å². The summed E-state index contributed by atoms with van der Waals surface area (Å²) in [5, 5.41) is 7.60. The molecule has 0 bridgehead atoms. The number of pyridine rings is 1. The predicted octanol–water partition coefficient (Wildman–Crippen LogP) is 4.14. The van der Waals surface area contributed by atoms with Gasteiger partial charge in [0.25, 0.3) is 0 Å². The summed E-state index contributed by atoms with van der Waals surface area (Å²) >= 11 is 0. The molecule has 4 rings (SSSR count). The molecule has 3 aromatic heterocycles. The second kappa shape index (κ2) is 8.49. The van der Waals surface area contributed by atoms with Crippen LogP contribution in [0.3, 0.4) is 0 Å². The zero-order chi connectivity index (χ0) is 21.1. The normalized spacial score (nSPS) is 12.2. The van der Waals surface area contributed by atoms with Crippen LogP contribution >= 0.6 is 0 Å². The van der Waals surface area contributed by atoms with Crippen LogP contribution in [-0.4, -0.2) is 30.2 Å². The molecule has 0 radical (unpaired) electrons. The Kier molecular flexibility index (Phi) is 5.61. The highest BCUT2D eigenvalue weighted by Gasteiger charge is 2.22. The van der Waals surface area contributed by atoms with Gasteiger partial charge in [-0.2, -0.15) is 5.10 Å². The van der Waals surface area contributed by atoms with Crippen LogP contribution in [0.25, 0.3) is 11.0 Å². The van der Waals surface area contributed by atoms with Crippen molar-refractivity contribution in [3.05, 3.63) is 71.9 Å². The topological polar surface area (TPSA) is 77.6 Å². The highest BCUT2D eigenvalue weighted by molar-refractivity contribution is 5.94. The van der Waals surface area contributed by atoms with Gasteiger partial charge in [-0.25, -0.2) is 9.67 Å². The van der Waals surface area contributed by atoms with E-state index < -0.39 is 6.04 Å². The van der Waals surface area contributed by atoms with Crippen molar-refractivity contribution in [3.63, 3.8) is 0 Å². The SMILES string of the molecule is CCCc1nc2ccccc2n1[C@H](C)C(=O)Nc1cc(C)nn1Cc1cccnc1. The van der Waals surface area contributed by atoms with Crippen LogP contribution in [0.1, 0.15) is 43.4 Å². The van der Waals surface area contributed by atoms with Crippen molar-refractivity contribution < 1.29 is 4.79 Å². The quantitative estimate of drug-likeness (QED) is 0.504. The van der Waals surface area contributed by atoms with Crippen LogP contribution in [0.15, 0.2) is 54.9 Å². The van der Waals surface area contributed by atoms with Crippen LogP contribution < -0.4 is 5.32 Å². The van der Waals surface area contributed by atoms with Crippen molar-refractivity contribution in [3.8, 4) is 0 Å². The van der Waals surface area contributed by atoms with Gasteiger partial charge in [0.1, 0.15) is 17.7 Å². The number of hydrogen-bond donors (Lipinski definition) is 1. The zero-order valence-corrected chi connectivity index (χ0v) is 17.5. The van der Waals surface area contributed by atoms with E-state index in [9.17, 15) is 4.79 Å². The summed E-state index contributed by atoms with van der Waals surface area (Å²) < 4.78 is 3.85. The van der Waals surface area contributed by atoms with Crippen LogP contribution in [0.2, 0.25) is 0 Å². The van der Waals surface area contributed by atoms with Gasteiger partial charge in [0.15, 0.2) is 0 Å². The number of rotatable bonds is 7. The van der Waals surface area contributed by atoms with Crippen LogP contribution in [0, 0.1) is 6.92 Å². The first-order chi connectivity index (χ1) is 14.6. The van der Waals surface area contributed by atoms with Gasteiger partial charge in [0, 0.05) is 24.9 Å². The number of imidazole rings is 1. The molecule has 4 aromatic rings. The number of benzene rings is 1. The van der Waals surface area contributed by atoms with E-state index in [1.165, 1.54) is 0 Å². The fourth-order valence-electron chi connectivity index (χ4n) is 3.71. The Bertz CT molecular complexity index is 1160. The summed E-state index contributed by atoms with van der Waals surface area (Å²) in [5.41, 5.74) is 3.76. The lowest BCUT2D eigenvalue weighted by Crippen LogP contribution is -2.26. The Morgan fingerprint density at radius 2 is 2.03 bits per heavy atom. The minimum absolute atomic E-state index is 0.0946. The predicted molar refractivity (Wildman–Crippen MR) is 117 cm³/mol. The molecule has 0 saturated heterocycles. The van der Waals surface area contributed by atoms with Crippen LogP contribution in [0.5, 0.6) is 0 Å². The monoisotopic (exact) mass is 402 g/mol. The molecule has 3 heterocycles. The molecule has 7 nitrogen and oxygen atoms in total. The van der Waals surface area contributed by atoms with Crippen molar-refractivity contribution in [1.29, 1.82) is 0 Å². The summed E-state index contributed by atoms with van der Waals surface area (Å²) in [5.74, 6) is 1.51.